The first-order chi connectivity index (χ1) is 11.8. The first-order valence-electron chi connectivity index (χ1n) is 8.40. The van der Waals surface area contributed by atoms with Gasteiger partial charge >= 0.3 is 0 Å². The third kappa shape index (κ3) is 3.74. The molecule has 0 unspecified atom stereocenters. The molecule has 3 aromatic rings. The Morgan fingerprint density at radius 3 is 2.08 bits per heavy atom. The Kier molecular flexibility index (Phi) is 5.77. The molecular weight excluding hydrogens is 300 g/mol. The molecule has 0 saturated heterocycles. The number of nitrogens with one attached hydrogen (secondary N) is 2. The molecule has 0 saturated carbocycles. The molecule has 0 fully saturated rings. The molecule has 0 aliphatic rings. The average molecular weight is 324 g/mol. The Balaban J connectivity index is 2.05. The van der Waals surface area contributed by atoms with E-state index in [2.05, 4.69) is 59.2 Å². The van der Waals surface area contributed by atoms with Crippen molar-refractivity contribution < 1.29 is 10.2 Å². The predicted octanol–water partition coefficient (Wildman–Crippen LogP) is 2.16. The van der Waals surface area contributed by atoms with Gasteiger partial charge in [0.25, 0.3) is 0 Å². The van der Waals surface area contributed by atoms with Gasteiger partial charge in [0.15, 0.2) is 0 Å². The lowest BCUT2D eigenvalue weighted by atomic mass is 9.95. The van der Waals surface area contributed by atoms with Gasteiger partial charge in [-0.1, -0.05) is 36.4 Å². The zero-order valence-corrected chi connectivity index (χ0v) is 13.8. The van der Waals surface area contributed by atoms with Gasteiger partial charge in [-0.2, -0.15) is 0 Å². The molecule has 0 aliphatic carbocycles. The third-order valence-corrected chi connectivity index (χ3v) is 4.29. The second-order valence-electron chi connectivity index (χ2n) is 5.92. The highest BCUT2D eigenvalue weighted by Gasteiger charge is 2.09. The summed E-state index contributed by atoms with van der Waals surface area (Å²) in [5, 5.41) is 29.5. The fourth-order valence-electron chi connectivity index (χ4n) is 3.09. The molecule has 3 rings (SSSR count). The number of hydrogen-bond donors (Lipinski definition) is 4. The first-order valence-corrected chi connectivity index (χ1v) is 8.40. The highest BCUT2D eigenvalue weighted by atomic mass is 16.3. The fourth-order valence-corrected chi connectivity index (χ4v) is 3.09. The lowest BCUT2D eigenvalue weighted by Gasteiger charge is -2.15. The van der Waals surface area contributed by atoms with Crippen molar-refractivity contribution >= 4 is 21.5 Å². The van der Waals surface area contributed by atoms with Crippen molar-refractivity contribution in [3.05, 3.63) is 59.7 Å². The van der Waals surface area contributed by atoms with Crippen molar-refractivity contribution in [2.75, 3.05) is 26.3 Å². The van der Waals surface area contributed by atoms with Crippen LogP contribution in [0.1, 0.15) is 11.1 Å². The maximum absolute atomic E-state index is 9.04. The fraction of sp³-hybridized carbons (Fsp3) is 0.300. The molecule has 4 heteroatoms. The summed E-state index contributed by atoms with van der Waals surface area (Å²) in [6.07, 6.45) is 0. The number of aliphatic hydroxyl groups excluding tert-OH is 2. The van der Waals surface area contributed by atoms with Crippen molar-refractivity contribution in [1.82, 2.24) is 10.6 Å². The second-order valence-corrected chi connectivity index (χ2v) is 5.92. The van der Waals surface area contributed by atoms with Crippen LogP contribution in [-0.4, -0.2) is 36.5 Å². The van der Waals surface area contributed by atoms with Gasteiger partial charge in [0.2, 0.25) is 0 Å². The van der Waals surface area contributed by atoms with Gasteiger partial charge < -0.3 is 20.8 Å². The molecule has 126 valence electrons. The maximum atomic E-state index is 9.04. The van der Waals surface area contributed by atoms with Crippen LogP contribution in [0.5, 0.6) is 0 Å². The molecule has 0 atom stereocenters. The topological polar surface area (TPSA) is 64.5 Å². The van der Waals surface area contributed by atoms with Gasteiger partial charge in [0.1, 0.15) is 0 Å². The summed E-state index contributed by atoms with van der Waals surface area (Å²) < 4.78 is 0. The number of benzene rings is 3. The number of aliphatic hydroxyl groups is 2. The van der Waals surface area contributed by atoms with E-state index in [1.807, 2.05) is 0 Å². The zero-order valence-electron chi connectivity index (χ0n) is 13.8. The van der Waals surface area contributed by atoms with Crippen molar-refractivity contribution in [2.45, 2.75) is 13.1 Å². The lowest BCUT2D eigenvalue weighted by molar-refractivity contribution is 0.290. The normalized spacial score (nSPS) is 11.4. The van der Waals surface area contributed by atoms with E-state index in [0.717, 1.165) is 6.54 Å². The summed E-state index contributed by atoms with van der Waals surface area (Å²) in [6.45, 7) is 2.86. The summed E-state index contributed by atoms with van der Waals surface area (Å²) in [4.78, 5) is 0. The number of rotatable bonds is 8. The van der Waals surface area contributed by atoms with Crippen LogP contribution in [0.15, 0.2) is 48.5 Å². The van der Waals surface area contributed by atoms with E-state index >= 15 is 0 Å². The van der Waals surface area contributed by atoms with E-state index in [-0.39, 0.29) is 13.2 Å². The summed E-state index contributed by atoms with van der Waals surface area (Å²) in [6, 6.07) is 17.2. The molecule has 0 aliphatic heterocycles. The number of hydrogen-bond acceptors (Lipinski definition) is 4. The second kappa shape index (κ2) is 8.22. The summed E-state index contributed by atoms with van der Waals surface area (Å²) in [5.74, 6) is 0. The minimum atomic E-state index is 0.131. The highest BCUT2D eigenvalue weighted by Crippen LogP contribution is 2.28. The molecule has 0 radical (unpaired) electrons. The van der Waals surface area contributed by atoms with E-state index in [0.29, 0.717) is 19.6 Å². The van der Waals surface area contributed by atoms with Crippen molar-refractivity contribution in [3.8, 4) is 0 Å². The van der Waals surface area contributed by atoms with Crippen molar-refractivity contribution in [2.24, 2.45) is 0 Å². The van der Waals surface area contributed by atoms with Crippen LogP contribution in [0.2, 0.25) is 0 Å². The van der Waals surface area contributed by atoms with Gasteiger partial charge in [-0.25, -0.2) is 0 Å². The van der Waals surface area contributed by atoms with Crippen LogP contribution in [0, 0.1) is 0 Å². The smallest absolute Gasteiger partial charge is 0.0556 e. The van der Waals surface area contributed by atoms with Crippen molar-refractivity contribution in [3.63, 3.8) is 0 Å². The average Bonchev–Trinajstić information content (AvgIpc) is 2.61. The Labute approximate surface area is 142 Å². The molecule has 3 aromatic carbocycles. The number of fused-ring (bicyclic) bond motifs is 2. The minimum Gasteiger partial charge on any atom is -0.395 e. The lowest BCUT2D eigenvalue weighted by Crippen LogP contribution is -2.22. The quantitative estimate of drug-likeness (QED) is 0.379. The van der Waals surface area contributed by atoms with Crippen LogP contribution < -0.4 is 10.6 Å². The SMILES string of the molecule is OCCNCc1ccc2cc3ccccc3cc2c1CNCCO. The van der Waals surface area contributed by atoms with Gasteiger partial charge in [0, 0.05) is 26.2 Å². The van der Waals surface area contributed by atoms with Crippen LogP contribution in [-0.2, 0) is 13.1 Å². The molecule has 0 heterocycles. The summed E-state index contributed by atoms with van der Waals surface area (Å²) in [5.41, 5.74) is 2.47. The van der Waals surface area contributed by atoms with Gasteiger partial charge in [-0.05, 0) is 44.8 Å². The van der Waals surface area contributed by atoms with Gasteiger partial charge in [0.05, 0.1) is 13.2 Å². The molecule has 0 bridgehead atoms. The molecule has 0 amide bonds. The van der Waals surface area contributed by atoms with Crippen LogP contribution in [0.25, 0.3) is 21.5 Å². The Bertz CT molecular complexity index is 817. The van der Waals surface area contributed by atoms with E-state index < -0.39 is 0 Å². The van der Waals surface area contributed by atoms with E-state index in [4.69, 9.17) is 10.2 Å². The summed E-state index contributed by atoms with van der Waals surface area (Å²) >= 11 is 0. The standard InChI is InChI=1S/C20H24N2O2/c23-9-7-21-13-18-6-5-17-11-15-3-1-2-4-16(15)12-19(17)20(18)14-22-8-10-24/h1-6,11-12,21-24H,7-10,13-14H2. The van der Waals surface area contributed by atoms with Gasteiger partial charge in [-0.3, -0.25) is 0 Å². The first kappa shape index (κ1) is 16.9. The molecule has 4 N–H and O–H groups in total. The van der Waals surface area contributed by atoms with Gasteiger partial charge in [-0.15, -0.1) is 0 Å². The third-order valence-electron chi connectivity index (χ3n) is 4.29. The van der Waals surface area contributed by atoms with E-state index in [1.165, 1.54) is 32.7 Å². The minimum absolute atomic E-state index is 0.131. The Morgan fingerprint density at radius 1 is 0.708 bits per heavy atom. The van der Waals surface area contributed by atoms with Crippen molar-refractivity contribution in [1.29, 1.82) is 0 Å². The Hall–Kier alpha value is -1.98. The van der Waals surface area contributed by atoms with E-state index in [1.54, 1.807) is 0 Å². The van der Waals surface area contributed by atoms with Crippen LogP contribution in [0.4, 0.5) is 0 Å². The molecule has 0 spiro atoms. The molecule has 4 nitrogen and oxygen atoms in total. The van der Waals surface area contributed by atoms with Crippen LogP contribution >= 0.6 is 0 Å². The zero-order chi connectivity index (χ0) is 16.8. The monoisotopic (exact) mass is 324 g/mol. The van der Waals surface area contributed by atoms with E-state index in [9.17, 15) is 0 Å². The highest BCUT2D eigenvalue weighted by molar-refractivity contribution is 6.00. The predicted molar refractivity (Wildman–Crippen MR) is 99.0 cm³/mol. The molecule has 0 aromatic heterocycles. The maximum Gasteiger partial charge on any atom is 0.0556 e. The summed E-state index contributed by atoms with van der Waals surface area (Å²) in [7, 11) is 0. The Morgan fingerprint density at radius 2 is 1.38 bits per heavy atom. The van der Waals surface area contributed by atoms with Crippen LogP contribution in [0.3, 0.4) is 0 Å². The largest absolute Gasteiger partial charge is 0.395 e. The molecular formula is C20H24N2O2. The molecule has 24 heavy (non-hydrogen) atoms.